The van der Waals surface area contributed by atoms with Crippen LogP contribution in [0.1, 0.15) is 16.7 Å². The lowest BCUT2D eigenvalue weighted by molar-refractivity contribution is -0.129. The molecule has 0 saturated heterocycles. The molecule has 0 aliphatic carbocycles. The van der Waals surface area contributed by atoms with Crippen molar-refractivity contribution in [3.8, 4) is 5.75 Å². The highest BCUT2D eigenvalue weighted by Gasteiger charge is 2.24. The number of esters is 1. The Kier molecular flexibility index (Phi) is 5.97. The predicted molar refractivity (Wildman–Crippen MR) is 122 cm³/mol. The normalized spacial score (nSPS) is 14.6. The van der Waals surface area contributed by atoms with Gasteiger partial charge in [0.2, 0.25) is 5.90 Å². The third-order valence-electron chi connectivity index (χ3n) is 4.21. The van der Waals surface area contributed by atoms with Crippen molar-refractivity contribution in [3.63, 3.8) is 0 Å². The molecule has 4 nitrogen and oxygen atoms in total. The van der Waals surface area contributed by atoms with Gasteiger partial charge in [0.1, 0.15) is 12.4 Å². The summed E-state index contributed by atoms with van der Waals surface area (Å²) in [6.45, 7) is 0.452. The Morgan fingerprint density at radius 2 is 1.66 bits per heavy atom. The maximum Gasteiger partial charge on any atom is 0.363 e. The molecule has 0 aromatic heterocycles. The molecule has 0 saturated carbocycles. The molecule has 0 spiro atoms. The fourth-order valence-corrected chi connectivity index (χ4v) is 3.18. The van der Waals surface area contributed by atoms with E-state index in [1.165, 1.54) is 0 Å². The molecule has 3 aromatic rings. The molecule has 1 heterocycles. The van der Waals surface area contributed by atoms with Crippen LogP contribution >= 0.6 is 34.2 Å². The third kappa shape index (κ3) is 5.05. The fourth-order valence-electron chi connectivity index (χ4n) is 2.69. The molecule has 4 rings (SSSR count). The van der Waals surface area contributed by atoms with Gasteiger partial charge in [-0.15, -0.1) is 0 Å². The van der Waals surface area contributed by atoms with Crippen LogP contribution in [0.25, 0.3) is 6.08 Å². The van der Waals surface area contributed by atoms with Crippen molar-refractivity contribution in [1.82, 2.24) is 0 Å². The monoisotopic (exact) mass is 515 g/mol. The maximum atomic E-state index is 12.1. The molecule has 144 valence electrons. The van der Waals surface area contributed by atoms with Crippen molar-refractivity contribution < 1.29 is 14.3 Å². The lowest BCUT2D eigenvalue weighted by Crippen LogP contribution is -2.05. The standard InChI is InChI=1S/C23H15ClINO3/c24-18-7-1-16(2-8-18)14-28-20-11-3-15(4-12-20)13-21-23(27)29-22(26-21)17-5-9-19(25)10-6-17/h1-13H,14H2/b21-13-. The van der Waals surface area contributed by atoms with Gasteiger partial charge in [-0.05, 0) is 88.3 Å². The Morgan fingerprint density at radius 1 is 0.966 bits per heavy atom. The smallest absolute Gasteiger partial charge is 0.363 e. The average Bonchev–Trinajstić information content (AvgIpc) is 3.09. The van der Waals surface area contributed by atoms with Crippen LogP contribution in [-0.2, 0) is 16.1 Å². The Bertz CT molecular complexity index is 1090. The van der Waals surface area contributed by atoms with E-state index in [1.54, 1.807) is 6.08 Å². The van der Waals surface area contributed by atoms with Gasteiger partial charge in [0.15, 0.2) is 5.70 Å². The second-order valence-corrected chi connectivity index (χ2v) is 8.01. The molecule has 0 radical (unpaired) electrons. The summed E-state index contributed by atoms with van der Waals surface area (Å²) in [5.74, 6) is 0.598. The van der Waals surface area contributed by atoms with Gasteiger partial charge >= 0.3 is 5.97 Å². The summed E-state index contributed by atoms with van der Waals surface area (Å²) in [6.07, 6.45) is 1.70. The molecular weight excluding hydrogens is 501 g/mol. The minimum absolute atomic E-state index is 0.272. The number of ether oxygens (including phenoxy) is 2. The number of rotatable bonds is 5. The second-order valence-electron chi connectivity index (χ2n) is 6.33. The van der Waals surface area contributed by atoms with Crippen molar-refractivity contribution in [2.45, 2.75) is 6.61 Å². The van der Waals surface area contributed by atoms with Crippen LogP contribution in [0.2, 0.25) is 5.02 Å². The summed E-state index contributed by atoms with van der Waals surface area (Å²) >= 11 is 8.11. The number of hydrogen-bond donors (Lipinski definition) is 0. The van der Waals surface area contributed by atoms with E-state index in [-0.39, 0.29) is 5.70 Å². The molecule has 0 unspecified atom stereocenters. The van der Waals surface area contributed by atoms with Crippen LogP contribution in [-0.4, -0.2) is 11.9 Å². The molecule has 0 amide bonds. The number of carbonyl (C=O) groups excluding carboxylic acids is 1. The highest BCUT2D eigenvalue weighted by atomic mass is 127. The summed E-state index contributed by atoms with van der Waals surface area (Å²) in [7, 11) is 0. The van der Waals surface area contributed by atoms with Crippen LogP contribution in [0.15, 0.2) is 83.5 Å². The summed E-state index contributed by atoms with van der Waals surface area (Å²) < 4.78 is 12.2. The molecule has 1 aliphatic heterocycles. The van der Waals surface area contributed by atoms with Crippen LogP contribution in [0.4, 0.5) is 0 Å². The first-order valence-electron chi connectivity index (χ1n) is 8.83. The molecular formula is C23H15ClINO3. The fraction of sp³-hybridized carbons (Fsp3) is 0.0435. The van der Waals surface area contributed by atoms with E-state index in [4.69, 9.17) is 21.1 Å². The first kappa shape index (κ1) is 19.7. The molecule has 6 heteroatoms. The molecule has 3 aromatic carbocycles. The second kappa shape index (κ2) is 8.80. The minimum atomic E-state index is -0.457. The van der Waals surface area contributed by atoms with Gasteiger partial charge in [0, 0.05) is 14.2 Å². The van der Waals surface area contributed by atoms with E-state index in [0.29, 0.717) is 17.5 Å². The van der Waals surface area contributed by atoms with Gasteiger partial charge in [0.25, 0.3) is 0 Å². The van der Waals surface area contributed by atoms with E-state index >= 15 is 0 Å². The van der Waals surface area contributed by atoms with Gasteiger partial charge < -0.3 is 9.47 Å². The highest BCUT2D eigenvalue weighted by molar-refractivity contribution is 14.1. The van der Waals surface area contributed by atoms with Crippen molar-refractivity contribution in [3.05, 3.63) is 104 Å². The lowest BCUT2D eigenvalue weighted by atomic mass is 10.2. The van der Waals surface area contributed by atoms with Gasteiger partial charge in [-0.1, -0.05) is 35.9 Å². The molecule has 0 bridgehead atoms. The van der Waals surface area contributed by atoms with Crippen LogP contribution in [0, 0.1) is 3.57 Å². The molecule has 0 fully saturated rings. The van der Waals surface area contributed by atoms with Crippen molar-refractivity contribution in [1.29, 1.82) is 0 Å². The maximum absolute atomic E-state index is 12.1. The Morgan fingerprint density at radius 3 is 2.34 bits per heavy atom. The SMILES string of the molecule is O=C1OC(c2ccc(I)cc2)=N/C1=C\c1ccc(OCc2ccc(Cl)cc2)cc1. The van der Waals surface area contributed by atoms with Crippen molar-refractivity contribution in [2.75, 3.05) is 0 Å². The molecule has 29 heavy (non-hydrogen) atoms. The Balaban J connectivity index is 1.44. The predicted octanol–water partition coefficient (Wildman–Crippen LogP) is 5.87. The zero-order chi connectivity index (χ0) is 20.2. The number of halogens is 2. The first-order valence-corrected chi connectivity index (χ1v) is 10.3. The largest absolute Gasteiger partial charge is 0.489 e. The van der Waals surface area contributed by atoms with E-state index in [2.05, 4.69) is 27.6 Å². The zero-order valence-electron chi connectivity index (χ0n) is 15.1. The average molecular weight is 516 g/mol. The topological polar surface area (TPSA) is 47.9 Å². The zero-order valence-corrected chi connectivity index (χ0v) is 18.1. The first-order chi connectivity index (χ1) is 14.1. The van der Waals surface area contributed by atoms with E-state index < -0.39 is 5.97 Å². The van der Waals surface area contributed by atoms with Crippen LogP contribution in [0.3, 0.4) is 0 Å². The van der Waals surface area contributed by atoms with E-state index in [9.17, 15) is 4.79 Å². The van der Waals surface area contributed by atoms with Crippen molar-refractivity contribution in [2.24, 2.45) is 4.99 Å². The van der Waals surface area contributed by atoms with Gasteiger partial charge in [-0.25, -0.2) is 9.79 Å². The quantitative estimate of drug-likeness (QED) is 0.243. The number of benzene rings is 3. The summed E-state index contributed by atoms with van der Waals surface area (Å²) in [5, 5.41) is 0.699. The van der Waals surface area contributed by atoms with Crippen LogP contribution in [0.5, 0.6) is 5.75 Å². The van der Waals surface area contributed by atoms with Gasteiger partial charge in [0.05, 0.1) is 0 Å². The molecule has 0 atom stereocenters. The van der Waals surface area contributed by atoms with E-state index in [1.807, 2.05) is 72.8 Å². The van der Waals surface area contributed by atoms with Crippen molar-refractivity contribution >= 4 is 52.1 Å². The number of carbonyl (C=O) groups is 1. The number of hydrogen-bond acceptors (Lipinski definition) is 4. The minimum Gasteiger partial charge on any atom is -0.489 e. The Labute approximate surface area is 187 Å². The number of aliphatic imine (C=N–C) groups is 1. The van der Waals surface area contributed by atoms with Gasteiger partial charge in [-0.3, -0.25) is 0 Å². The number of cyclic esters (lactones) is 1. The Hall–Kier alpha value is -2.64. The van der Waals surface area contributed by atoms with E-state index in [0.717, 1.165) is 26.0 Å². The molecule has 1 aliphatic rings. The third-order valence-corrected chi connectivity index (χ3v) is 5.19. The lowest BCUT2D eigenvalue weighted by Gasteiger charge is -2.06. The summed E-state index contributed by atoms with van der Waals surface area (Å²) in [5.41, 5.74) is 2.91. The summed E-state index contributed by atoms with van der Waals surface area (Å²) in [4.78, 5) is 16.5. The molecule has 0 N–H and O–H groups in total. The van der Waals surface area contributed by atoms with Crippen LogP contribution < -0.4 is 4.74 Å². The van der Waals surface area contributed by atoms with Gasteiger partial charge in [-0.2, -0.15) is 0 Å². The summed E-state index contributed by atoms with van der Waals surface area (Å²) in [6, 6.07) is 22.6. The number of nitrogens with zero attached hydrogens (tertiary/aromatic N) is 1. The highest BCUT2D eigenvalue weighted by Crippen LogP contribution is 2.21.